The molecule has 0 saturated carbocycles. The van der Waals surface area contributed by atoms with Gasteiger partial charge in [-0.2, -0.15) is 0 Å². The van der Waals surface area contributed by atoms with E-state index in [0.717, 1.165) is 44.9 Å². The van der Waals surface area contributed by atoms with E-state index >= 15 is 0 Å². The predicted molar refractivity (Wildman–Crippen MR) is 245 cm³/mol. The van der Waals surface area contributed by atoms with Crippen LogP contribution in [0.1, 0.15) is 226 Å². The van der Waals surface area contributed by atoms with Crippen molar-refractivity contribution in [3.63, 3.8) is 0 Å². The zero-order chi connectivity index (χ0) is 42.1. The van der Waals surface area contributed by atoms with Crippen LogP contribution in [0.3, 0.4) is 0 Å². The van der Waals surface area contributed by atoms with Crippen molar-refractivity contribution in [1.29, 1.82) is 0 Å². The molecule has 0 aliphatic carbocycles. The fraction of sp³-hybridized carbons (Fsp3) is 0.896. The lowest BCUT2D eigenvalue weighted by Gasteiger charge is -2.25. The number of hydrogen-bond donors (Lipinski definition) is 3. The number of carbonyl (C=O) groups is 1. The Morgan fingerprint density at radius 1 is 0.579 bits per heavy atom. The Labute approximate surface area is 354 Å². The molecule has 3 N–H and O–H groups in total. The monoisotopic (exact) mass is 828 g/mol. The van der Waals surface area contributed by atoms with E-state index < -0.39 is 20.0 Å². The van der Waals surface area contributed by atoms with Crippen LogP contribution in [0.15, 0.2) is 24.3 Å². The van der Waals surface area contributed by atoms with Gasteiger partial charge >= 0.3 is 7.82 Å². The summed E-state index contributed by atoms with van der Waals surface area (Å²) < 4.78 is 23.4. The minimum atomic E-state index is -4.33. The maximum Gasteiger partial charge on any atom is 0.472 e. The van der Waals surface area contributed by atoms with Crippen LogP contribution in [0.5, 0.6) is 0 Å². The number of likely N-dealkylation sites (N-methyl/N-ethyl adjacent to an activating group) is 1. The molecule has 57 heavy (non-hydrogen) atoms. The van der Waals surface area contributed by atoms with E-state index in [1.54, 1.807) is 6.08 Å². The number of hydrogen-bond acceptors (Lipinski definition) is 5. The molecular weight excluding hydrogens is 732 g/mol. The molecule has 3 unspecified atom stereocenters. The minimum Gasteiger partial charge on any atom is -0.387 e. The minimum absolute atomic E-state index is 0.0575. The van der Waals surface area contributed by atoms with Gasteiger partial charge in [0.15, 0.2) is 0 Å². The molecule has 0 radical (unpaired) electrons. The highest BCUT2D eigenvalue weighted by Crippen LogP contribution is 2.43. The topological polar surface area (TPSA) is 105 Å². The summed E-state index contributed by atoms with van der Waals surface area (Å²) in [6, 6.07) is -0.856. The molecule has 0 heterocycles. The third-order valence-corrected chi connectivity index (χ3v) is 11.9. The van der Waals surface area contributed by atoms with Crippen LogP contribution in [0.4, 0.5) is 0 Å². The first-order valence-electron chi connectivity index (χ1n) is 24.2. The number of aliphatic hydroxyl groups excluding tert-OH is 1. The van der Waals surface area contributed by atoms with Crippen LogP contribution >= 0.6 is 7.82 Å². The first kappa shape index (κ1) is 56.0. The van der Waals surface area contributed by atoms with Crippen molar-refractivity contribution in [2.24, 2.45) is 0 Å². The molecule has 0 aromatic carbocycles. The summed E-state index contributed by atoms with van der Waals surface area (Å²) in [5.41, 5.74) is 0. The van der Waals surface area contributed by atoms with Crippen molar-refractivity contribution in [3.8, 4) is 0 Å². The number of carbonyl (C=O) groups excluding carboxylic acids is 1. The first-order chi connectivity index (χ1) is 27.5. The van der Waals surface area contributed by atoms with Gasteiger partial charge in [-0.3, -0.25) is 13.8 Å². The number of nitrogens with zero attached hydrogens (tertiary/aromatic N) is 1. The Kier molecular flexibility index (Phi) is 39.7. The average molecular weight is 828 g/mol. The van der Waals surface area contributed by atoms with Gasteiger partial charge in [-0.15, -0.1) is 0 Å². The highest BCUT2D eigenvalue weighted by Gasteiger charge is 2.27. The van der Waals surface area contributed by atoms with Crippen molar-refractivity contribution in [2.45, 2.75) is 238 Å². The smallest absolute Gasteiger partial charge is 0.387 e. The van der Waals surface area contributed by atoms with Crippen LogP contribution in [-0.4, -0.2) is 73.4 Å². The quantitative estimate of drug-likeness (QED) is 0.0244. The van der Waals surface area contributed by atoms with Gasteiger partial charge in [-0.1, -0.05) is 218 Å². The van der Waals surface area contributed by atoms with Gasteiger partial charge in [0.2, 0.25) is 5.91 Å². The summed E-state index contributed by atoms with van der Waals surface area (Å²) in [6.07, 6.45) is 48.8. The molecule has 0 aliphatic heterocycles. The second kappa shape index (κ2) is 40.4. The van der Waals surface area contributed by atoms with Gasteiger partial charge in [-0.05, 0) is 25.7 Å². The maximum absolute atomic E-state index is 12.8. The van der Waals surface area contributed by atoms with E-state index in [1.807, 2.05) is 27.2 Å². The predicted octanol–water partition coefficient (Wildman–Crippen LogP) is 13.7. The lowest BCUT2D eigenvalue weighted by atomic mass is 10.0. The van der Waals surface area contributed by atoms with Gasteiger partial charge < -0.3 is 19.8 Å². The Balaban J connectivity index is 3.94. The molecule has 0 spiro atoms. The number of phosphoric ester groups is 1. The number of phosphoric acid groups is 1. The van der Waals surface area contributed by atoms with Gasteiger partial charge in [-0.25, -0.2) is 4.57 Å². The molecule has 9 heteroatoms. The van der Waals surface area contributed by atoms with Gasteiger partial charge in [0.1, 0.15) is 13.2 Å². The largest absolute Gasteiger partial charge is 0.472 e. The molecule has 0 aliphatic rings. The molecule has 8 nitrogen and oxygen atoms in total. The highest BCUT2D eigenvalue weighted by atomic mass is 31.2. The van der Waals surface area contributed by atoms with Crippen molar-refractivity contribution in [3.05, 3.63) is 24.3 Å². The van der Waals surface area contributed by atoms with Gasteiger partial charge in [0.05, 0.1) is 39.9 Å². The summed E-state index contributed by atoms with van der Waals surface area (Å²) in [5.74, 6) is -0.188. The van der Waals surface area contributed by atoms with Crippen LogP contribution in [0.25, 0.3) is 0 Å². The Bertz CT molecular complexity index is 984. The molecule has 0 aromatic rings. The summed E-state index contributed by atoms with van der Waals surface area (Å²) in [6.45, 7) is 4.70. The van der Waals surface area contributed by atoms with E-state index in [4.69, 9.17) is 9.05 Å². The van der Waals surface area contributed by atoms with Crippen LogP contribution in [-0.2, 0) is 18.4 Å². The number of amides is 1. The van der Waals surface area contributed by atoms with Crippen LogP contribution in [0.2, 0.25) is 0 Å². The summed E-state index contributed by atoms with van der Waals surface area (Å²) in [7, 11) is 1.56. The molecule has 0 saturated heterocycles. The third-order valence-electron chi connectivity index (χ3n) is 10.9. The zero-order valence-corrected chi connectivity index (χ0v) is 39.2. The van der Waals surface area contributed by atoms with Crippen molar-refractivity contribution in [2.75, 3.05) is 40.9 Å². The average Bonchev–Trinajstić information content (AvgIpc) is 3.16. The second-order valence-electron chi connectivity index (χ2n) is 17.8. The zero-order valence-electron chi connectivity index (χ0n) is 38.3. The summed E-state index contributed by atoms with van der Waals surface area (Å²) in [4.78, 5) is 23.0. The maximum atomic E-state index is 12.8. The molecule has 1 amide bonds. The van der Waals surface area contributed by atoms with E-state index in [-0.39, 0.29) is 19.1 Å². The van der Waals surface area contributed by atoms with Gasteiger partial charge in [0, 0.05) is 6.42 Å². The number of allylic oxidation sites excluding steroid dienone is 3. The van der Waals surface area contributed by atoms with E-state index in [9.17, 15) is 19.4 Å². The lowest BCUT2D eigenvalue weighted by molar-refractivity contribution is -0.870. The number of aliphatic hydroxyl groups is 1. The molecule has 0 bridgehead atoms. The second-order valence-corrected chi connectivity index (χ2v) is 19.3. The first-order valence-corrected chi connectivity index (χ1v) is 25.7. The molecule has 0 aromatic heterocycles. The molecule has 0 fully saturated rings. The van der Waals surface area contributed by atoms with E-state index in [2.05, 4.69) is 31.3 Å². The SMILES string of the molecule is CCC/C=C/CC/C=C/C(O)C(COP(=O)(O)OCC[N+](C)(C)C)NC(=O)CCCCCCCCCCCCCCCCCCCCCCCCCCCCCC. The standard InChI is InChI=1S/C48H95N2O6P/c1-6-8-10-12-14-15-16-17-18-19-20-21-22-23-24-25-26-27-28-29-30-31-32-33-34-36-38-40-42-48(52)49-46(47(51)41-39-37-35-13-11-9-7-2)45-56-57(53,54)55-44-43-50(3,4)5/h11,13,39,41,46-47,51H,6-10,12,14-38,40,42-45H2,1-5H3,(H-,49,52,53,54)/p+1/b13-11+,41-39+. The third kappa shape index (κ3) is 42.9. The number of quaternary nitrogens is 1. The summed E-state index contributed by atoms with van der Waals surface area (Å²) in [5, 5.41) is 13.7. The van der Waals surface area contributed by atoms with Crippen LogP contribution < -0.4 is 5.32 Å². The van der Waals surface area contributed by atoms with E-state index in [0.29, 0.717) is 17.4 Å². The summed E-state index contributed by atoms with van der Waals surface area (Å²) >= 11 is 0. The van der Waals surface area contributed by atoms with Crippen LogP contribution in [0, 0.1) is 0 Å². The molecule has 0 rings (SSSR count). The van der Waals surface area contributed by atoms with Crippen molar-refractivity contribution < 1.29 is 32.9 Å². The fourth-order valence-electron chi connectivity index (χ4n) is 7.07. The Morgan fingerprint density at radius 2 is 0.965 bits per heavy atom. The Morgan fingerprint density at radius 3 is 1.37 bits per heavy atom. The lowest BCUT2D eigenvalue weighted by Crippen LogP contribution is -2.45. The van der Waals surface area contributed by atoms with Crippen molar-refractivity contribution >= 4 is 13.7 Å². The number of unbranched alkanes of at least 4 members (excludes halogenated alkanes) is 29. The molecular formula is C48H96N2O6P+. The number of nitrogens with one attached hydrogen (secondary N) is 1. The van der Waals surface area contributed by atoms with Gasteiger partial charge in [0.25, 0.3) is 0 Å². The normalized spacial score (nSPS) is 14.4. The molecule has 3 atom stereocenters. The number of rotatable bonds is 44. The highest BCUT2D eigenvalue weighted by molar-refractivity contribution is 7.47. The Hall–Kier alpha value is -1.02. The molecule has 338 valence electrons. The van der Waals surface area contributed by atoms with Crippen molar-refractivity contribution in [1.82, 2.24) is 5.32 Å². The fourth-order valence-corrected chi connectivity index (χ4v) is 7.80. The van der Waals surface area contributed by atoms with E-state index in [1.165, 1.54) is 161 Å².